The van der Waals surface area contributed by atoms with Gasteiger partial charge in [0, 0.05) is 12.8 Å². The Bertz CT molecular complexity index is 483. The third kappa shape index (κ3) is 3.26. The number of aromatic nitrogens is 1. The highest BCUT2D eigenvalue weighted by Crippen LogP contribution is 2.22. The number of rotatable bonds is 4. The molecule has 0 N–H and O–H groups in total. The van der Waals surface area contributed by atoms with Gasteiger partial charge >= 0.3 is 0 Å². The zero-order valence-corrected chi connectivity index (χ0v) is 11.7. The molecule has 0 amide bonds. The van der Waals surface area contributed by atoms with E-state index in [1.165, 1.54) is 6.20 Å². The van der Waals surface area contributed by atoms with Crippen LogP contribution in [0.1, 0.15) is 19.3 Å². The van der Waals surface area contributed by atoms with E-state index in [2.05, 4.69) is 20.9 Å². The van der Waals surface area contributed by atoms with Gasteiger partial charge in [-0.1, -0.05) is 0 Å². The lowest BCUT2D eigenvalue weighted by Crippen LogP contribution is -2.15. The van der Waals surface area contributed by atoms with E-state index in [1.807, 2.05) is 0 Å². The molecule has 1 atom stereocenters. The first-order valence-electron chi connectivity index (χ1n) is 5.54. The van der Waals surface area contributed by atoms with Gasteiger partial charge in [0.25, 0.3) is 0 Å². The van der Waals surface area contributed by atoms with E-state index in [4.69, 9.17) is 4.74 Å². The summed E-state index contributed by atoms with van der Waals surface area (Å²) in [5, 5.41) is 0.123. The Hall–Kier alpha value is -0.460. The lowest BCUT2D eigenvalue weighted by atomic mass is 10.2. The Balaban J connectivity index is 2.06. The maximum atomic E-state index is 12.1. The normalized spacial score (nSPS) is 20.6. The number of ether oxygens (including phenoxy) is 1. The van der Waals surface area contributed by atoms with Gasteiger partial charge in [0.15, 0.2) is 14.9 Å². The van der Waals surface area contributed by atoms with Crippen LogP contribution in [0.3, 0.4) is 0 Å². The smallest absolute Gasteiger partial charge is 0.196 e. The van der Waals surface area contributed by atoms with Crippen molar-refractivity contribution in [3.63, 3.8) is 0 Å². The number of pyridine rings is 1. The lowest BCUT2D eigenvalue weighted by molar-refractivity contribution is 0.109. The summed E-state index contributed by atoms with van der Waals surface area (Å²) in [6.07, 6.45) is 4.11. The first-order valence-corrected chi connectivity index (χ1v) is 7.99. The van der Waals surface area contributed by atoms with Crippen LogP contribution >= 0.6 is 15.9 Å². The van der Waals surface area contributed by atoms with Crippen LogP contribution in [0.2, 0.25) is 0 Å². The molecule has 0 bridgehead atoms. The van der Waals surface area contributed by atoms with E-state index in [9.17, 15) is 8.42 Å². The highest BCUT2D eigenvalue weighted by Gasteiger charge is 2.23. The summed E-state index contributed by atoms with van der Waals surface area (Å²) in [4.78, 5) is 3.92. The van der Waals surface area contributed by atoms with Gasteiger partial charge in [-0.3, -0.25) is 0 Å². The minimum atomic E-state index is -3.32. The molecule has 17 heavy (non-hydrogen) atoms. The summed E-state index contributed by atoms with van der Waals surface area (Å²) in [5.74, 6) is 0.0906. The van der Waals surface area contributed by atoms with Crippen LogP contribution in [-0.4, -0.2) is 31.9 Å². The molecule has 0 radical (unpaired) electrons. The maximum Gasteiger partial charge on any atom is 0.196 e. The predicted molar refractivity (Wildman–Crippen MR) is 67.6 cm³/mol. The van der Waals surface area contributed by atoms with Crippen molar-refractivity contribution in [2.24, 2.45) is 0 Å². The third-order valence-corrected chi connectivity index (χ3v) is 5.34. The molecule has 1 fully saturated rings. The minimum absolute atomic E-state index is 0.0901. The Morgan fingerprint density at radius 1 is 1.53 bits per heavy atom. The number of sulfone groups is 1. The van der Waals surface area contributed by atoms with Gasteiger partial charge in [-0.05, 0) is 47.3 Å². The van der Waals surface area contributed by atoms with Gasteiger partial charge in [0.2, 0.25) is 0 Å². The van der Waals surface area contributed by atoms with Crippen molar-refractivity contribution in [3.05, 3.63) is 22.8 Å². The largest absolute Gasteiger partial charge is 0.378 e. The summed E-state index contributed by atoms with van der Waals surface area (Å²) in [6, 6.07) is 3.38. The van der Waals surface area contributed by atoms with Gasteiger partial charge in [-0.25, -0.2) is 13.4 Å². The van der Waals surface area contributed by atoms with E-state index < -0.39 is 9.84 Å². The van der Waals surface area contributed by atoms with Crippen LogP contribution in [0.5, 0.6) is 0 Å². The molecule has 1 aromatic rings. The van der Waals surface area contributed by atoms with Crippen LogP contribution in [0, 0.1) is 0 Å². The molecule has 94 valence electrons. The fourth-order valence-corrected chi connectivity index (χ4v) is 4.20. The van der Waals surface area contributed by atoms with E-state index in [0.717, 1.165) is 19.4 Å². The second-order valence-corrected chi connectivity index (χ2v) is 6.91. The fourth-order valence-electron chi connectivity index (χ4n) is 1.86. The number of nitrogens with zero attached hydrogens (tertiary/aromatic N) is 1. The zero-order valence-electron chi connectivity index (χ0n) is 9.30. The molecule has 4 nitrogen and oxygen atoms in total. The summed E-state index contributed by atoms with van der Waals surface area (Å²) in [7, 11) is -3.32. The summed E-state index contributed by atoms with van der Waals surface area (Å²) in [6.45, 7) is 0.748. The van der Waals surface area contributed by atoms with E-state index in [1.54, 1.807) is 12.1 Å². The summed E-state index contributed by atoms with van der Waals surface area (Å²) in [5.41, 5.74) is 0. The Morgan fingerprint density at radius 3 is 3.00 bits per heavy atom. The molecule has 1 saturated heterocycles. The molecule has 0 aromatic carbocycles. The van der Waals surface area contributed by atoms with Gasteiger partial charge in [-0.15, -0.1) is 0 Å². The van der Waals surface area contributed by atoms with Crippen molar-refractivity contribution >= 4 is 25.8 Å². The highest BCUT2D eigenvalue weighted by atomic mass is 79.9. The first kappa shape index (κ1) is 13.0. The van der Waals surface area contributed by atoms with Crippen molar-refractivity contribution in [1.29, 1.82) is 0 Å². The third-order valence-electron chi connectivity index (χ3n) is 2.75. The van der Waals surface area contributed by atoms with Crippen molar-refractivity contribution in [1.82, 2.24) is 4.98 Å². The highest BCUT2D eigenvalue weighted by molar-refractivity contribution is 9.10. The van der Waals surface area contributed by atoms with Crippen LogP contribution in [0.15, 0.2) is 27.8 Å². The number of halogens is 1. The molecule has 1 unspecified atom stereocenters. The Labute approximate surface area is 109 Å². The number of hydrogen-bond donors (Lipinski definition) is 0. The van der Waals surface area contributed by atoms with Crippen LogP contribution in [-0.2, 0) is 14.6 Å². The molecule has 1 aromatic heterocycles. The van der Waals surface area contributed by atoms with E-state index in [-0.39, 0.29) is 16.9 Å². The fraction of sp³-hybridized carbons (Fsp3) is 0.545. The lowest BCUT2D eigenvalue weighted by Gasteiger charge is -2.09. The monoisotopic (exact) mass is 319 g/mol. The quantitative estimate of drug-likeness (QED) is 0.853. The SMILES string of the molecule is O=S(=O)(CCC1CCCO1)c1ncccc1Br. The van der Waals surface area contributed by atoms with Crippen molar-refractivity contribution in [2.45, 2.75) is 30.4 Å². The molecule has 0 saturated carbocycles. The van der Waals surface area contributed by atoms with E-state index >= 15 is 0 Å². The van der Waals surface area contributed by atoms with Crippen molar-refractivity contribution in [2.75, 3.05) is 12.4 Å². The summed E-state index contributed by atoms with van der Waals surface area (Å²) < 4.78 is 30.1. The standard InChI is InChI=1S/C11H14BrNO3S/c12-10-4-1-6-13-11(10)17(14,15)8-5-9-3-2-7-16-9/h1,4,6,9H,2-3,5,7-8H2. The molecular weight excluding hydrogens is 306 g/mol. The van der Waals surface area contributed by atoms with Crippen molar-refractivity contribution in [3.8, 4) is 0 Å². The first-order chi connectivity index (χ1) is 8.09. The molecule has 2 rings (SSSR count). The average Bonchev–Trinajstić information content (AvgIpc) is 2.80. The van der Waals surface area contributed by atoms with Gasteiger partial charge in [-0.2, -0.15) is 0 Å². The van der Waals surface area contributed by atoms with Crippen LogP contribution in [0.4, 0.5) is 0 Å². The topological polar surface area (TPSA) is 56.3 Å². The van der Waals surface area contributed by atoms with Gasteiger partial charge in [0.1, 0.15) is 0 Å². The minimum Gasteiger partial charge on any atom is -0.378 e. The number of hydrogen-bond acceptors (Lipinski definition) is 4. The second kappa shape index (κ2) is 5.46. The van der Waals surface area contributed by atoms with Gasteiger partial charge < -0.3 is 4.74 Å². The molecular formula is C11H14BrNO3S. The van der Waals surface area contributed by atoms with Crippen molar-refractivity contribution < 1.29 is 13.2 Å². The molecule has 1 aliphatic rings. The Morgan fingerprint density at radius 2 is 2.35 bits per heavy atom. The summed E-state index contributed by atoms with van der Waals surface area (Å²) >= 11 is 3.21. The average molecular weight is 320 g/mol. The van der Waals surface area contributed by atoms with Crippen LogP contribution in [0.25, 0.3) is 0 Å². The van der Waals surface area contributed by atoms with Gasteiger partial charge in [0.05, 0.1) is 16.3 Å². The maximum absolute atomic E-state index is 12.1. The molecule has 0 spiro atoms. The molecule has 6 heteroatoms. The molecule has 1 aliphatic heterocycles. The molecule has 2 heterocycles. The van der Waals surface area contributed by atoms with E-state index in [0.29, 0.717) is 10.9 Å². The predicted octanol–water partition coefficient (Wildman–Crippen LogP) is 2.19. The van der Waals surface area contributed by atoms with Crippen LogP contribution < -0.4 is 0 Å². The zero-order chi connectivity index (χ0) is 12.3. The Kier molecular flexibility index (Phi) is 4.17. The second-order valence-electron chi connectivity index (χ2n) is 4.03. The molecule has 0 aliphatic carbocycles.